The van der Waals surface area contributed by atoms with E-state index in [1.165, 1.54) is 18.2 Å². The summed E-state index contributed by atoms with van der Waals surface area (Å²) in [4.78, 5) is 32.4. The third kappa shape index (κ3) is 2.56. The van der Waals surface area contributed by atoms with Crippen LogP contribution in [0.2, 0.25) is 0 Å². The molecule has 22 heavy (non-hydrogen) atoms. The Hall–Kier alpha value is -2.72. The smallest absolute Gasteiger partial charge is 0.185 e. The van der Waals surface area contributed by atoms with Gasteiger partial charge in [-0.05, 0) is 36.4 Å². The van der Waals surface area contributed by atoms with Crippen LogP contribution in [-0.2, 0) is 0 Å². The summed E-state index contributed by atoms with van der Waals surface area (Å²) in [6.07, 6.45) is 1.78. The van der Waals surface area contributed by atoms with Gasteiger partial charge in [-0.1, -0.05) is 0 Å². The van der Waals surface area contributed by atoms with E-state index in [0.717, 1.165) is 0 Å². The monoisotopic (exact) mass is 316 g/mol. The van der Waals surface area contributed by atoms with Crippen molar-refractivity contribution < 1.29 is 27.6 Å². The summed E-state index contributed by atoms with van der Waals surface area (Å²) in [6, 6.07) is 9.52. The van der Waals surface area contributed by atoms with Crippen LogP contribution < -0.4 is 16.5 Å². The van der Waals surface area contributed by atoms with E-state index >= 15 is 0 Å². The van der Waals surface area contributed by atoms with Crippen molar-refractivity contribution in [2.45, 2.75) is 0 Å². The summed E-state index contributed by atoms with van der Waals surface area (Å²) >= 11 is 0. The molecule has 3 aromatic heterocycles. The maximum atomic E-state index is 10.8. The molecule has 0 N–H and O–H groups in total. The highest BCUT2D eigenvalue weighted by atomic mass is 31.1. The molecule has 0 fully saturated rings. The number of carbonyl (C=O) groups is 3. The Labute approximate surface area is 125 Å². The predicted molar refractivity (Wildman–Crippen MR) is 78.1 cm³/mol. The number of aldehydes is 3. The van der Waals surface area contributed by atoms with Crippen molar-refractivity contribution in [1.29, 1.82) is 0 Å². The molecule has 0 atom stereocenters. The van der Waals surface area contributed by atoms with Crippen LogP contribution >= 0.6 is 7.92 Å². The second-order valence-electron chi connectivity index (χ2n) is 4.22. The fraction of sp³-hybridized carbons (Fsp3) is 0. The van der Waals surface area contributed by atoms with E-state index < -0.39 is 7.92 Å². The summed E-state index contributed by atoms with van der Waals surface area (Å²) in [7, 11) is -1.38. The van der Waals surface area contributed by atoms with Crippen molar-refractivity contribution in [3.8, 4) is 0 Å². The van der Waals surface area contributed by atoms with Gasteiger partial charge in [0.05, 0.1) is 0 Å². The first kappa shape index (κ1) is 14.2. The van der Waals surface area contributed by atoms with Crippen molar-refractivity contribution in [1.82, 2.24) is 0 Å². The molecule has 0 aromatic carbocycles. The molecular formula is C15H9O6P. The van der Waals surface area contributed by atoms with E-state index in [4.69, 9.17) is 13.3 Å². The summed E-state index contributed by atoms with van der Waals surface area (Å²) in [6.45, 7) is 0. The Morgan fingerprint density at radius 1 is 0.591 bits per heavy atom. The Balaban J connectivity index is 2.09. The average molecular weight is 316 g/mol. The van der Waals surface area contributed by atoms with Crippen molar-refractivity contribution in [2.75, 3.05) is 0 Å². The molecular weight excluding hydrogens is 307 g/mol. The van der Waals surface area contributed by atoms with Crippen molar-refractivity contribution in [2.24, 2.45) is 0 Å². The maximum Gasteiger partial charge on any atom is 0.185 e. The minimum Gasteiger partial charge on any atom is -0.453 e. The molecule has 0 aliphatic rings. The molecule has 0 amide bonds. The first-order chi connectivity index (χ1) is 10.7. The molecule has 0 radical (unpaired) electrons. The van der Waals surface area contributed by atoms with Crippen LogP contribution in [0.1, 0.15) is 31.7 Å². The summed E-state index contributed by atoms with van der Waals surface area (Å²) in [5, 5.41) is 0. The van der Waals surface area contributed by atoms with Gasteiger partial charge in [-0.15, -0.1) is 0 Å². The molecule has 3 heterocycles. The summed E-state index contributed by atoms with van der Waals surface area (Å²) < 4.78 is 16.4. The number of carbonyl (C=O) groups excluding carboxylic acids is 3. The van der Waals surface area contributed by atoms with Gasteiger partial charge in [-0.3, -0.25) is 14.4 Å². The first-order valence-corrected chi connectivity index (χ1v) is 7.54. The predicted octanol–water partition coefficient (Wildman–Crippen LogP) is 1.66. The maximum absolute atomic E-state index is 10.8. The zero-order chi connectivity index (χ0) is 15.5. The van der Waals surface area contributed by atoms with Gasteiger partial charge in [0.2, 0.25) is 0 Å². The molecule has 110 valence electrons. The lowest BCUT2D eigenvalue weighted by molar-refractivity contribution is 0.109. The highest BCUT2D eigenvalue weighted by Gasteiger charge is 2.27. The molecule has 0 saturated heterocycles. The van der Waals surface area contributed by atoms with Gasteiger partial charge in [0.25, 0.3) is 0 Å². The molecule has 0 aliphatic heterocycles. The van der Waals surface area contributed by atoms with E-state index in [9.17, 15) is 14.4 Å². The minimum atomic E-state index is -1.38. The second kappa shape index (κ2) is 5.95. The lowest BCUT2D eigenvalue weighted by Gasteiger charge is -2.09. The van der Waals surface area contributed by atoms with Crippen LogP contribution in [0.5, 0.6) is 0 Å². The quantitative estimate of drug-likeness (QED) is 0.507. The van der Waals surface area contributed by atoms with Gasteiger partial charge < -0.3 is 13.3 Å². The Bertz CT molecular complexity index is 715. The highest BCUT2D eigenvalue weighted by molar-refractivity contribution is 7.78. The van der Waals surface area contributed by atoms with Crippen molar-refractivity contribution in [3.05, 3.63) is 53.7 Å². The zero-order valence-corrected chi connectivity index (χ0v) is 12.0. The number of hydrogen-bond acceptors (Lipinski definition) is 6. The molecule has 0 spiro atoms. The molecule has 0 unspecified atom stereocenters. The molecule has 0 saturated carbocycles. The minimum absolute atomic E-state index is 0.173. The summed E-state index contributed by atoms with van der Waals surface area (Å²) in [5.74, 6) is 0.519. The molecule has 6 nitrogen and oxygen atoms in total. The largest absolute Gasteiger partial charge is 0.453 e. The number of furan rings is 3. The number of hydrogen-bond donors (Lipinski definition) is 0. The topological polar surface area (TPSA) is 90.6 Å². The van der Waals surface area contributed by atoms with E-state index in [-0.39, 0.29) is 17.3 Å². The first-order valence-electron chi connectivity index (χ1n) is 6.20. The Morgan fingerprint density at radius 2 is 0.909 bits per heavy atom. The van der Waals surface area contributed by atoms with Gasteiger partial charge in [0.15, 0.2) is 36.1 Å². The Kier molecular flexibility index (Phi) is 3.85. The lowest BCUT2D eigenvalue weighted by Crippen LogP contribution is -2.17. The van der Waals surface area contributed by atoms with Crippen LogP contribution in [0, 0.1) is 0 Å². The van der Waals surface area contributed by atoms with Crippen molar-refractivity contribution in [3.63, 3.8) is 0 Å². The second-order valence-corrected chi connectivity index (χ2v) is 6.21. The fourth-order valence-electron chi connectivity index (χ4n) is 1.90. The van der Waals surface area contributed by atoms with Gasteiger partial charge in [0, 0.05) is 0 Å². The normalized spacial score (nSPS) is 10.8. The lowest BCUT2D eigenvalue weighted by atomic mass is 10.5. The van der Waals surface area contributed by atoms with Crippen LogP contribution in [-0.4, -0.2) is 18.9 Å². The van der Waals surface area contributed by atoms with Crippen LogP contribution in [0.4, 0.5) is 0 Å². The van der Waals surface area contributed by atoms with E-state index in [0.29, 0.717) is 35.4 Å². The van der Waals surface area contributed by atoms with E-state index in [1.54, 1.807) is 18.2 Å². The Morgan fingerprint density at radius 3 is 1.14 bits per heavy atom. The molecule has 0 aliphatic carbocycles. The van der Waals surface area contributed by atoms with Crippen LogP contribution in [0.15, 0.2) is 49.6 Å². The average Bonchev–Trinajstić information content (AvgIpc) is 3.28. The van der Waals surface area contributed by atoms with Crippen LogP contribution in [0.3, 0.4) is 0 Å². The van der Waals surface area contributed by atoms with Crippen molar-refractivity contribution >= 4 is 43.3 Å². The van der Waals surface area contributed by atoms with Gasteiger partial charge in [-0.2, -0.15) is 0 Å². The standard InChI is InChI=1S/C15H9O6P/c16-7-10-1-4-13(19-10)22(14-5-2-11(8-17)20-14)15-6-3-12(9-18)21-15/h1-9H. The molecule has 3 aromatic rings. The fourth-order valence-corrected chi connectivity index (χ4v) is 3.82. The van der Waals surface area contributed by atoms with E-state index in [2.05, 4.69) is 0 Å². The molecule has 7 heteroatoms. The van der Waals surface area contributed by atoms with Gasteiger partial charge in [-0.25, -0.2) is 0 Å². The third-order valence-electron chi connectivity index (χ3n) is 2.85. The van der Waals surface area contributed by atoms with Crippen LogP contribution in [0.25, 0.3) is 0 Å². The van der Waals surface area contributed by atoms with Gasteiger partial charge >= 0.3 is 0 Å². The number of rotatable bonds is 6. The SMILES string of the molecule is O=Cc1ccc(P(c2ccc(C=O)o2)c2ccc(C=O)o2)o1. The highest BCUT2D eigenvalue weighted by Crippen LogP contribution is 2.34. The van der Waals surface area contributed by atoms with Gasteiger partial charge in [0.1, 0.15) is 24.4 Å². The zero-order valence-electron chi connectivity index (χ0n) is 11.1. The summed E-state index contributed by atoms with van der Waals surface area (Å²) in [5.41, 5.74) is 1.40. The third-order valence-corrected chi connectivity index (χ3v) is 4.89. The van der Waals surface area contributed by atoms with E-state index in [1.807, 2.05) is 0 Å². The molecule has 3 rings (SSSR count). The molecule has 0 bridgehead atoms.